The number of rotatable bonds is 4. The fourth-order valence-corrected chi connectivity index (χ4v) is 1.56. The number of aromatic hydroxyl groups is 1. The Morgan fingerprint density at radius 3 is 2.42 bits per heavy atom. The maximum Gasteiger partial charge on any atom is 0.326 e. The highest BCUT2D eigenvalue weighted by Crippen LogP contribution is 2.19. The van der Waals surface area contributed by atoms with Crippen molar-refractivity contribution in [3.05, 3.63) is 24.3 Å². The second-order valence-electron chi connectivity index (χ2n) is 4.59. The molecule has 104 valence electrons. The van der Waals surface area contributed by atoms with Gasteiger partial charge in [0.1, 0.15) is 11.8 Å². The van der Waals surface area contributed by atoms with E-state index in [0.717, 1.165) is 0 Å². The van der Waals surface area contributed by atoms with Crippen LogP contribution in [-0.2, 0) is 4.79 Å². The Bertz CT molecular complexity index is 473. The molecule has 0 aliphatic carbocycles. The number of nitrogens with one attached hydrogen (secondary N) is 1. The highest BCUT2D eigenvalue weighted by Gasteiger charge is 2.25. The van der Waals surface area contributed by atoms with E-state index < -0.39 is 18.0 Å². The van der Waals surface area contributed by atoms with E-state index >= 15 is 0 Å². The molecule has 0 bridgehead atoms. The average Bonchev–Trinajstić information content (AvgIpc) is 2.33. The number of anilines is 1. The van der Waals surface area contributed by atoms with Gasteiger partial charge in [0.2, 0.25) is 0 Å². The van der Waals surface area contributed by atoms with E-state index in [1.165, 1.54) is 24.1 Å². The number of carboxylic acid groups (broad SMARTS) is 1. The highest BCUT2D eigenvalue weighted by molar-refractivity contribution is 5.94. The number of carboxylic acids is 1. The molecule has 0 fully saturated rings. The molecule has 0 heterocycles. The molecule has 1 aromatic rings. The van der Waals surface area contributed by atoms with Crippen LogP contribution in [0.3, 0.4) is 0 Å². The van der Waals surface area contributed by atoms with Gasteiger partial charge in [0, 0.05) is 18.8 Å². The van der Waals surface area contributed by atoms with Crippen LogP contribution in [0, 0.1) is 5.92 Å². The molecule has 0 saturated carbocycles. The Balaban J connectivity index is 2.80. The monoisotopic (exact) mass is 266 g/mol. The molecule has 1 atom stereocenters. The molecular weight excluding hydrogens is 248 g/mol. The average molecular weight is 266 g/mol. The van der Waals surface area contributed by atoms with Gasteiger partial charge in [-0.3, -0.25) is 4.90 Å². The minimum absolute atomic E-state index is 0.0378. The molecule has 3 N–H and O–H groups in total. The van der Waals surface area contributed by atoms with Gasteiger partial charge >= 0.3 is 12.0 Å². The Labute approximate surface area is 111 Å². The van der Waals surface area contributed by atoms with Crippen molar-refractivity contribution in [1.82, 2.24) is 5.32 Å². The van der Waals surface area contributed by atoms with Crippen LogP contribution in [0.15, 0.2) is 24.3 Å². The molecular formula is C13H18N2O4. The van der Waals surface area contributed by atoms with E-state index in [0.29, 0.717) is 5.69 Å². The zero-order valence-electron chi connectivity index (χ0n) is 11.1. The van der Waals surface area contributed by atoms with Crippen molar-refractivity contribution in [3.8, 4) is 5.75 Å². The Morgan fingerprint density at radius 1 is 1.32 bits per heavy atom. The lowest BCUT2D eigenvalue weighted by molar-refractivity contribution is -0.140. The van der Waals surface area contributed by atoms with Crippen LogP contribution in [0.2, 0.25) is 0 Å². The van der Waals surface area contributed by atoms with Crippen LogP contribution in [0.5, 0.6) is 5.75 Å². The summed E-state index contributed by atoms with van der Waals surface area (Å²) >= 11 is 0. The number of aliphatic carboxylic acids is 1. The van der Waals surface area contributed by atoms with Gasteiger partial charge in [0.05, 0.1) is 0 Å². The molecule has 2 amide bonds. The van der Waals surface area contributed by atoms with Gasteiger partial charge in [0.25, 0.3) is 0 Å². The number of urea groups is 1. The second kappa shape index (κ2) is 6.08. The van der Waals surface area contributed by atoms with Crippen molar-refractivity contribution in [2.75, 3.05) is 11.9 Å². The third-order valence-electron chi connectivity index (χ3n) is 2.73. The first-order valence-electron chi connectivity index (χ1n) is 5.89. The van der Waals surface area contributed by atoms with Crippen molar-refractivity contribution in [2.45, 2.75) is 19.9 Å². The standard InChI is InChI=1S/C13H18N2O4/c1-8(2)11(12(17)18)14-13(19)15(3)9-5-4-6-10(16)7-9/h4-8,11,16H,1-3H3,(H,14,19)(H,17,18). The molecule has 6 heteroatoms. The SMILES string of the molecule is CC(C)C(NC(=O)N(C)c1cccc(O)c1)C(=O)O. The minimum Gasteiger partial charge on any atom is -0.508 e. The van der Waals surface area contributed by atoms with Gasteiger partial charge < -0.3 is 15.5 Å². The van der Waals surface area contributed by atoms with E-state index in [1.54, 1.807) is 26.0 Å². The summed E-state index contributed by atoms with van der Waals surface area (Å²) in [5, 5.41) is 20.8. The first kappa shape index (κ1) is 14.8. The molecule has 0 aliphatic heterocycles. The highest BCUT2D eigenvalue weighted by atomic mass is 16.4. The summed E-state index contributed by atoms with van der Waals surface area (Å²) in [5.74, 6) is -1.26. The lowest BCUT2D eigenvalue weighted by Gasteiger charge is -2.23. The van der Waals surface area contributed by atoms with E-state index in [4.69, 9.17) is 5.11 Å². The number of carbonyl (C=O) groups is 2. The minimum atomic E-state index is -1.08. The summed E-state index contributed by atoms with van der Waals surface area (Å²) in [4.78, 5) is 24.2. The first-order valence-corrected chi connectivity index (χ1v) is 5.89. The van der Waals surface area contributed by atoms with Crippen LogP contribution in [0.4, 0.5) is 10.5 Å². The molecule has 6 nitrogen and oxygen atoms in total. The van der Waals surface area contributed by atoms with Gasteiger partial charge in [-0.15, -0.1) is 0 Å². The van der Waals surface area contributed by atoms with Crippen molar-refractivity contribution in [2.24, 2.45) is 5.92 Å². The van der Waals surface area contributed by atoms with E-state index in [9.17, 15) is 14.7 Å². The van der Waals surface area contributed by atoms with Crippen LogP contribution < -0.4 is 10.2 Å². The number of phenols is 1. The molecule has 0 aromatic heterocycles. The lowest BCUT2D eigenvalue weighted by Crippen LogP contribution is -2.49. The summed E-state index contributed by atoms with van der Waals surface area (Å²) in [5.41, 5.74) is 0.477. The van der Waals surface area contributed by atoms with Gasteiger partial charge in [-0.2, -0.15) is 0 Å². The van der Waals surface area contributed by atoms with E-state index in [-0.39, 0.29) is 11.7 Å². The lowest BCUT2D eigenvalue weighted by atomic mass is 10.1. The number of carbonyl (C=O) groups excluding carboxylic acids is 1. The van der Waals surface area contributed by atoms with Crippen LogP contribution >= 0.6 is 0 Å². The van der Waals surface area contributed by atoms with E-state index in [1.807, 2.05) is 0 Å². The predicted octanol–water partition coefficient (Wildman–Crippen LogP) is 1.65. The Hall–Kier alpha value is -2.24. The summed E-state index contributed by atoms with van der Waals surface area (Å²) in [6, 6.07) is 4.67. The summed E-state index contributed by atoms with van der Waals surface area (Å²) < 4.78 is 0. The largest absolute Gasteiger partial charge is 0.508 e. The summed E-state index contributed by atoms with van der Waals surface area (Å²) in [6.07, 6.45) is 0. The quantitative estimate of drug-likeness (QED) is 0.773. The number of hydrogen-bond acceptors (Lipinski definition) is 3. The molecule has 0 spiro atoms. The number of hydrogen-bond donors (Lipinski definition) is 3. The summed E-state index contributed by atoms with van der Waals surface area (Å²) in [7, 11) is 1.50. The maximum absolute atomic E-state index is 11.9. The van der Waals surface area contributed by atoms with E-state index in [2.05, 4.69) is 5.32 Å². The van der Waals surface area contributed by atoms with Gasteiger partial charge in [0.15, 0.2) is 0 Å². The number of phenolic OH excluding ortho intramolecular Hbond substituents is 1. The van der Waals surface area contributed by atoms with Crippen molar-refractivity contribution < 1.29 is 19.8 Å². The molecule has 0 radical (unpaired) electrons. The normalized spacial score (nSPS) is 12.0. The van der Waals surface area contributed by atoms with Crippen molar-refractivity contribution >= 4 is 17.7 Å². The van der Waals surface area contributed by atoms with Crippen LogP contribution in [-0.4, -0.2) is 35.3 Å². The topological polar surface area (TPSA) is 89.9 Å². The smallest absolute Gasteiger partial charge is 0.326 e. The van der Waals surface area contributed by atoms with Gasteiger partial charge in [-0.1, -0.05) is 19.9 Å². The molecule has 19 heavy (non-hydrogen) atoms. The molecule has 1 unspecified atom stereocenters. The molecule has 1 rings (SSSR count). The number of benzene rings is 1. The molecule has 1 aromatic carbocycles. The van der Waals surface area contributed by atoms with Crippen LogP contribution in [0.25, 0.3) is 0 Å². The first-order chi connectivity index (χ1) is 8.82. The third-order valence-corrected chi connectivity index (χ3v) is 2.73. The number of nitrogens with zero attached hydrogens (tertiary/aromatic N) is 1. The zero-order valence-corrected chi connectivity index (χ0v) is 11.1. The Kier molecular flexibility index (Phi) is 4.74. The van der Waals surface area contributed by atoms with Gasteiger partial charge in [-0.05, 0) is 18.1 Å². The number of amides is 2. The zero-order chi connectivity index (χ0) is 14.6. The van der Waals surface area contributed by atoms with Crippen LogP contribution in [0.1, 0.15) is 13.8 Å². The predicted molar refractivity (Wildman–Crippen MR) is 71.3 cm³/mol. The van der Waals surface area contributed by atoms with Crippen molar-refractivity contribution in [3.63, 3.8) is 0 Å². The van der Waals surface area contributed by atoms with Gasteiger partial charge in [-0.25, -0.2) is 9.59 Å². The third kappa shape index (κ3) is 3.87. The Morgan fingerprint density at radius 2 is 1.95 bits per heavy atom. The fraction of sp³-hybridized carbons (Fsp3) is 0.385. The fourth-order valence-electron chi connectivity index (χ4n) is 1.56. The van der Waals surface area contributed by atoms with Crippen molar-refractivity contribution in [1.29, 1.82) is 0 Å². The summed E-state index contributed by atoms with van der Waals surface area (Å²) in [6.45, 7) is 3.43. The molecule has 0 saturated heterocycles. The second-order valence-corrected chi connectivity index (χ2v) is 4.59. The maximum atomic E-state index is 11.9. The molecule has 0 aliphatic rings.